The summed E-state index contributed by atoms with van der Waals surface area (Å²) in [6.45, 7) is 0. The lowest BCUT2D eigenvalue weighted by atomic mass is 10.1. The van der Waals surface area contributed by atoms with Gasteiger partial charge in [0.1, 0.15) is 5.56 Å². The molecule has 2 aromatic rings. The molecule has 1 saturated carbocycles. The Morgan fingerprint density at radius 1 is 1.30 bits per heavy atom. The maximum Gasteiger partial charge on any atom is 0.341 e. The molecule has 1 aromatic carbocycles. The average molecular weight is 292 g/mol. The van der Waals surface area contributed by atoms with Crippen LogP contribution in [-0.4, -0.2) is 15.6 Å². The van der Waals surface area contributed by atoms with Crippen LogP contribution in [-0.2, 0) is 0 Å². The first-order chi connectivity index (χ1) is 9.59. The number of pyridine rings is 1. The Morgan fingerprint density at radius 3 is 2.65 bits per heavy atom. The minimum absolute atomic E-state index is 0.188. The minimum Gasteiger partial charge on any atom is -0.477 e. The summed E-state index contributed by atoms with van der Waals surface area (Å²) in [6, 6.07) is 5.27. The number of carbonyl (C=O) groups is 1. The summed E-state index contributed by atoms with van der Waals surface area (Å²) in [5.41, 5.74) is -0.00743. The van der Waals surface area contributed by atoms with Crippen LogP contribution in [0.5, 0.6) is 0 Å². The van der Waals surface area contributed by atoms with Crippen molar-refractivity contribution in [2.75, 3.05) is 0 Å². The highest BCUT2D eigenvalue weighted by Crippen LogP contribution is 2.33. The van der Waals surface area contributed by atoms with Gasteiger partial charge in [-0.1, -0.05) is 30.5 Å². The Kier molecular flexibility index (Phi) is 3.26. The Morgan fingerprint density at radius 2 is 2.00 bits per heavy atom. The molecule has 0 atom stereocenters. The molecule has 1 aromatic heterocycles. The van der Waals surface area contributed by atoms with E-state index in [0.717, 1.165) is 25.7 Å². The molecular formula is C15H14ClNO3. The van der Waals surface area contributed by atoms with E-state index in [-0.39, 0.29) is 11.6 Å². The van der Waals surface area contributed by atoms with Crippen LogP contribution >= 0.6 is 11.6 Å². The van der Waals surface area contributed by atoms with Crippen LogP contribution in [0.1, 0.15) is 42.1 Å². The lowest BCUT2D eigenvalue weighted by molar-refractivity contribution is 0.0694. The Bertz CT molecular complexity index is 745. The fraction of sp³-hybridized carbons (Fsp3) is 0.333. The first-order valence-corrected chi connectivity index (χ1v) is 7.04. The number of carboxylic acids is 1. The van der Waals surface area contributed by atoms with Crippen molar-refractivity contribution in [3.8, 4) is 0 Å². The van der Waals surface area contributed by atoms with Crippen LogP contribution in [0.4, 0.5) is 0 Å². The molecule has 0 aliphatic heterocycles. The normalized spacial score (nSPS) is 15.8. The van der Waals surface area contributed by atoms with Gasteiger partial charge < -0.3 is 9.67 Å². The van der Waals surface area contributed by atoms with Crippen molar-refractivity contribution in [2.45, 2.75) is 31.7 Å². The lowest BCUT2D eigenvalue weighted by Crippen LogP contribution is -2.20. The molecule has 0 saturated heterocycles. The summed E-state index contributed by atoms with van der Waals surface area (Å²) in [6.07, 6.45) is 5.66. The summed E-state index contributed by atoms with van der Waals surface area (Å²) >= 11 is 6.24. The third-order valence-corrected chi connectivity index (χ3v) is 4.26. The molecule has 0 spiro atoms. The van der Waals surface area contributed by atoms with Crippen LogP contribution < -0.4 is 5.43 Å². The van der Waals surface area contributed by atoms with Crippen molar-refractivity contribution < 1.29 is 9.90 Å². The van der Waals surface area contributed by atoms with E-state index in [4.69, 9.17) is 11.6 Å². The zero-order chi connectivity index (χ0) is 14.3. The van der Waals surface area contributed by atoms with E-state index in [9.17, 15) is 14.7 Å². The number of benzene rings is 1. The van der Waals surface area contributed by atoms with E-state index in [1.807, 2.05) is 4.57 Å². The molecule has 20 heavy (non-hydrogen) atoms. The van der Waals surface area contributed by atoms with Crippen LogP contribution in [0, 0.1) is 0 Å². The molecular weight excluding hydrogens is 278 g/mol. The quantitative estimate of drug-likeness (QED) is 0.921. The fourth-order valence-corrected chi connectivity index (χ4v) is 3.26. The molecule has 5 heteroatoms. The molecule has 1 N–H and O–H groups in total. The predicted octanol–water partition coefficient (Wildman–Crippen LogP) is 3.47. The van der Waals surface area contributed by atoms with Crippen molar-refractivity contribution in [1.82, 2.24) is 4.57 Å². The van der Waals surface area contributed by atoms with Gasteiger partial charge in [-0.15, -0.1) is 0 Å². The van der Waals surface area contributed by atoms with Gasteiger partial charge in [-0.2, -0.15) is 0 Å². The smallest absolute Gasteiger partial charge is 0.341 e. The van der Waals surface area contributed by atoms with E-state index >= 15 is 0 Å². The average Bonchev–Trinajstić information content (AvgIpc) is 2.93. The van der Waals surface area contributed by atoms with E-state index in [1.165, 1.54) is 6.20 Å². The summed E-state index contributed by atoms with van der Waals surface area (Å²) in [5, 5.41) is 10.1. The van der Waals surface area contributed by atoms with Gasteiger partial charge in [-0.25, -0.2) is 4.79 Å². The highest BCUT2D eigenvalue weighted by atomic mass is 35.5. The van der Waals surface area contributed by atoms with Gasteiger partial charge in [0, 0.05) is 17.6 Å². The highest BCUT2D eigenvalue weighted by Gasteiger charge is 2.22. The zero-order valence-electron chi connectivity index (χ0n) is 10.8. The second kappa shape index (κ2) is 4.94. The Hall–Kier alpha value is -1.81. The standard InChI is InChI=1S/C15H14ClNO3/c16-12-7-3-6-10-13(12)17(9-4-1-2-5-9)8-11(14(10)18)15(19)20/h3,6-9H,1-2,4-5H2,(H,19,20). The fourth-order valence-electron chi connectivity index (χ4n) is 2.99. The van der Waals surface area contributed by atoms with E-state index in [1.54, 1.807) is 18.2 Å². The van der Waals surface area contributed by atoms with Crippen LogP contribution in [0.25, 0.3) is 10.9 Å². The van der Waals surface area contributed by atoms with Crippen molar-refractivity contribution in [2.24, 2.45) is 0 Å². The van der Waals surface area contributed by atoms with Crippen molar-refractivity contribution in [3.63, 3.8) is 0 Å². The van der Waals surface area contributed by atoms with Gasteiger partial charge >= 0.3 is 5.97 Å². The summed E-state index contributed by atoms with van der Waals surface area (Å²) < 4.78 is 1.88. The summed E-state index contributed by atoms with van der Waals surface area (Å²) in [7, 11) is 0. The molecule has 1 aliphatic rings. The third kappa shape index (κ3) is 2.00. The van der Waals surface area contributed by atoms with Crippen molar-refractivity contribution in [1.29, 1.82) is 0 Å². The second-order valence-electron chi connectivity index (χ2n) is 5.16. The summed E-state index contributed by atoms with van der Waals surface area (Å²) in [4.78, 5) is 23.5. The van der Waals surface area contributed by atoms with Crippen LogP contribution in [0.2, 0.25) is 5.02 Å². The van der Waals surface area contributed by atoms with E-state index in [2.05, 4.69) is 0 Å². The van der Waals surface area contributed by atoms with Gasteiger partial charge in [0.15, 0.2) is 0 Å². The minimum atomic E-state index is -1.19. The van der Waals surface area contributed by atoms with Gasteiger partial charge in [0.2, 0.25) is 5.43 Å². The summed E-state index contributed by atoms with van der Waals surface area (Å²) in [5.74, 6) is -1.19. The molecule has 104 valence electrons. The second-order valence-corrected chi connectivity index (χ2v) is 5.57. The number of aromatic carboxylic acids is 1. The number of para-hydroxylation sites is 1. The SMILES string of the molecule is O=C(O)c1cn(C2CCCC2)c2c(Cl)cccc2c1=O. The molecule has 1 aliphatic carbocycles. The number of fused-ring (bicyclic) bond motifs is 1. The van der Waals surface area contributed by atoms with Crippen molar-refractivity contribution in [3.05, 3.63) is 45.2 Å². The number of nitrogens with zero attached hydrogens (tertiary/aromatic N) is 1. The molecule has 0 unspecified atom stereocenters. The highest BCUT2D eigenvalue weighted by molar-refractivity contribution is 6.35. The number of hydrogen-bond donors (Lipinski definition) is 1. The van der Waals surface area contributed by atoms with Gasteiger partial charge in [0.05, 0.1) is 10.5 Å². The monoisotopic (exact) mass is 291 g/mol. The maximum atomic E-state index is 12.2. The predicted molar refractivity (Wildman–Crippen MR) is 77.7 cm³/mol. The number of carboxylic acid groups (broad SMARTS) is 1. The Labute approximate surface area is 120 Å². The molecule has 4 nitrogen and oxygen atoms in total. The molecule has 0 radical (unpaired) electrons. The molecule has 0 bridgehead atoms. The van der Waals surface area contributed by atoms with Gasteiger partial charge in [-0.05, 0) is 25.0 Å². The number of aromatic nitrogens is 1. The largest absolute Gasteiger partial charge is 0.477 e. The van der Waals surface area contributed by atoms with E-state index in [0.29, 0.717) is 15.9 Å². The van der Waals surface area contributed by atoms with Crippen molar-refractivity contribution >= 4 is 28.5 Å². The molecule has 1 fully saturated rings. The van der Waals surface area contributed by atoms with Gasteiger partial charge in [0.25, 0.3) is 0 Å². The zero-order valence-corrected chi connectivity index (χ0v) is 11.6. The molecule has 1 heterocycles. The maximum absolute atomic E-state index is 12.2. The lowest BCUT2D eigenvalue weighted by Gasteiger charge is -2.19. The Balaban J connectivity index is 2.39. The first-order valence-electron chi connectivity index (χ1n) is 6.66. The number of halogens is 1. The van der Waals surface area contributed by atoms with Crippen LogP contribution in [0.15, 0.2) is 29.2 Å². The number of hydrogen-bond acceptors (Lipinski definition) is 2. The molecule has 0 amide bonds. The number of rotatable bonds is 2. The van der Waals surface area contributed by atoms with Gasteiger partial charge in [-0.3, -0.25) is 4.79 Å². The van der Waals surface area contributed by atoms with E-state index < -0.39 is 11.4 Å². The van der Waals surface area contributed by atoms with Crippen LogP contribution in [0.3, 0.4) is 0 Å². The first kappa shape index (κ1) is 13.2. The third-order valence-electron chi connectivity index (χ3n) is 3.95. The topological polar surface area (TPSA) is 59.3 Å². The molecule has 3 rings (SSSR count).